The van der Waals surface area contributed by atoms with Gasteiger partial charge in [0.15, 0.2) is 6.54 Å². The molecule has 0 amide bonds. The third-order valence-corrected chi connectivity index (χ3v) is 6.24. The van der Waals surface area contributed by atoms with Crippen molar-refractivity contribution in [3.63, 3.8) is 0 Å². The maximum Gasteiger partial charge on any atom is 0.266 e. The minimum absolute atomic E-state index is 0.280. The van der Waals surface area contributed by atoms with Gasteiger partial charge in [-0.15, -0.1) is 0 Å². The number of benzene rings is 2. The van der Waals surface area contributed by atoms with Crippen molar-refractivity contribution in [2.45, 2.75) is 33.2 Å². The van der Waals surface area contributed by atoms with Crippen molar-refractivity contribution in [3.8, 4) is 0 Å². The fourth-order valence-electron chi connectivity index (χ4n) is 3.17. The molecule has 0 unspecified atom stereocenters. The third kappa shape index (κ3) is 4.66. The first-order chi connectivity index (χ1) is 12.9. The van der Waals surface area contributed by atoms with Crippen LogP contribution in [0.15, 0.2) is 42.2 Å². The van der Waals surface area contributed by atoms with Crippen LogP contribution < -0.4 is 4.57 Å². The molecule has 144 valence electrons. The van der Waals surface area contributed by atoms with Crippen molar-refractivity contribution in [1.82, 2.24) is 0 Å². The quantitative estimate of drug-likeness (QED) is 0.322. The van der Waals surface area contributed by atoms with E-state index in [9.17, 15) is 13.0 Å². The average Bonchev–Trinajstić information content (AvgIpc) is 2.98. The normalized spacial score (nSPS) is 12.8. The molecule has 0 aliphatic carbocycles. The summed E-state index contributed by atoms with van der Waals surface area (Å²) in [4.78, 5) is 0. The molecule has 2 aromatic carbocycles. The molecular weight excluding hydrogens is 382 g/mol. The lowest BCUT2D eigenvalue weighted by molar-refractivity contribution is -0.667. The first-order valence-electron chi connectivity index (χ1n) is 9.04. The zero-order chi connectivity index (χ0) is 19.4. The SMILES string of the molecule is CCO/C(=C\c1sc2ccc3ccccc3c2[n+]1CCCS(=O)(=O)[O-])CC. The predicted molar refractivity (Wildman–Crippen MR) is 109 cm³/mol. The number of fused-ring (bicyclic) bond motifs is 3. The Morgan fingerprint density at radius 3 is 2.70 bits per heavy atom. The molecule has 1 heterocycles. The van der Waals surface area contributed by atoms with Crippen LogP contribution in [0.5, 0.6) is 0 Å². The summed E-state index contributed by atoms with van der Waals surface area (Å²) in [5.41, 5.74) is 1.07. The number of rotatable bonds is 8. The third-order valence-electron chi connectivity index (χ3n) is 4.35. The molecule has 0 saturated heterocycles. The number of ether oxygens (including phenoxy) is 1. The second-order valence-corrected chi connectivity index (χ2v) is 8.82. The number of hydrogen-bond donors (Lipinski definition) is 0. The van der Waals surface area contributed by atoms with Gasteiger partial charge in [0.05, 0.1) is 28.2 Å². The molecule has 0 atom stereocenters. The summed E-state index contributed by atoms with van der Waals surface area (Å²) in [6.07, 6.45) is 3.08. The van der Waals surface area contributed by atoms with E-state index in [4.69, 9.17) is 4.74 Å². The Hall–Kier alpha value is -1.96. The zero-order valence-electron chi connectivity index (χ0n) is 15.5. The van der Waals surface area contributed by atoms with Gasteiger partial charge < -0.3 is 9.29 Å². The summed E-state index contributed by atoms with van der Waals surface area (Å²) in [7, 11) is -4.22. The van der Waals surface area contributed by atoms with Gasteiger partial charge in [0.25, 0.3) is 5.01 Å². The van der Waals surface area contributed by atoms with E-state index in [1.54, 1.807) is 11.3 Å². The second-order valence-electron chi connectivity index (χ2n) is 6.24. The largest absolute Gasteiger partial charge is 0.748 e. The predicted octanol–water partition coefficient (Wildman–Crippen LogP) is 4.06. The molecular formula is C20H23NO4S2. The Labute approximate surface area is 163 Å². The van der Waals surface area contributed by atoms with Crippen LogP contribution >= 0.6 is 11.3 Å². The van der Waals surface area contributed by atoms with Crippen molar-refractivity contribution >= 4 is 48.5 Å². The minimum Gasteiger partial charge on any atom is -0.748 e. The van der Waals surface area contributed by atoms with Crippen LogP contribution in [0, 0.1) is 0 Å². The summed E-state index contributed by atoms with van der Waals surface area (Å²) in [6, 6.07) is 12.3. The number of aryl methyl sites for hydroxylation is 1. The number of nitrogens with zero attached hydrogens (tertiary/aromatic N) is 1. The van der Waals surface area contributed by atoms with E-state index in [1.807, 2.05) is 32.1 Å². The molecule has 0 aliphatic rings. The molecule has 7 heteroatoms. The van der Waals surface area contributed by atoms with Crippen molar-refractivity contribution in [2.24, 2.45) is 0 Å². The molecule has 3 aromatic rings. The van der Waals surface area contributed by atoms with Gasteiger partial charge in [-0.25, -0.2) is 8.42 Å². The van der Waals surface area contributed by atoms with E-state index >= 15 is 0 Å². The van der Waals surface area contributed by atoms with Crippen molar-refractivity contribution in [2.75, 3.05) is 12.4 Å². The highest BCUT2D eigenvalue weighted by molar-refractivity contribution is 7.85. The summed E-state index contributed by atoms with van der Waals surface area (Å²) >= 11 is 1.65. The van der Waals surface area contributed by atoms with Gasteiger partial charge in [-0.2, -0.15) is 4.57 Å². The molecule has 0 bridgehead atoms. The summed E-state index contributed by atoms with van der Waals surface area (Å²) in [5, 5.41) is 3.24. The van der Waals surface area contributed by atoms with Crippen LogP contribution in [-0.2, 0) is 21.4 Å². The van der Waals surface area contributed by atoms with Gasteiger partial charge in [0.2, 0.25) is 5.52 Å². The standard InChI is InChI=1S/C20H23NO4S2/c1-3-16(25-4-2)14-19-21(12-7-13-27(22,23)24)20-17-9-6-5-8-15(17)10-11-18(20)26-19/h5-6,8-11,14H,3-4,7,12-13H2,1-2H3/b16-14-. The lowest BCUT2D eigenvalue weighted by Gasteiger charge is -2.06. The molecule has 0 spiro atoms. The molecule has 0 radical (unpaired) electrons. The Kier molecular flexibility index (Phi) is 6.14. The van der Waals surface area contributed by atoms with E-state index in [1.165, 1.54) is 0 Å². The second kappa shape index (κ2) is 8.37. The molecule has 1 aromatic heterocycles. The molecule has 5 nitrogen and oxygen atoms in total. The number of allylic oxidation sites excluding steroid dienone is 1. The Morgan fingerprint density at radius 1 is 1.22 bits per heavy atom. The highest BCUT2D eigenvalue weighted by atomic mass is 32.2. The molecule has 3 rings (SSSR count). The Bertz CT molecular complexity index is 1080. The molecule has 0 aliphatic heterocycles. The summed E-state index contributed by atoms with van der Waals surface area (Å²) in [6.45, 7) is 5.06. The van der Waals surface area contributed by atoms with Crippen LogP contribution in [0.2, 0.25) is 0 Å². The highest BCUT2D eigenvalue weighted by Crippen LogP contribution is 2.29. The molecule has 27 heavy (non-hydrogen) atoms. The van der Waals surface area contributed by atoms with E-state index in [2.05, 4.69) is 28.8 Å². The van der Waals surface area contributed by atoms with Gasteiger partial charge in [-0.05, 0) is 24.4 Å². The van der Waals surface area contributed by atoms with Crippen LogP contribution in [-0.4, -0.2) is 25.3 Å². The minimum atomic E-state index is -4.22. The topological polar surface area (TPSA) is 70.3 Å². The fourth-order valence-corrected chi connectivity index (χ4v) is 4.82. The number of thiazole rings is 1. The smallest absolute Gasteiger partial charge is 0.266 e. The maximum atomic E-state index is 11.0. The van der Waals surface area contributed by atoms with Crippen molar-refractivity contribution in [3.05, 3.63) is 47.2 Å². The molecule has 0 fully saturated rings. The molecule has 0 saturated carbocycles. The highest BCUT2D eigenvalue weighted by Gasteiger charge is 2.22. The molecule has 0 N–H and O–H groups in total. The van der Waals surface area contributed by atoms with E-state index in [0.29, 0.717) is 13.2 Å². The van der Waals surface area contributed by atoms with E-state index in [-0.39, 0.29) is 12.2 Å². The van der Waals surface area contributed by atoms with Crippen molar-refractivity contribution < 1.29 is 22.3 Å². The van der Waals surface area contributed by atoms with Crippen LogP contribution in [0.1, 0.15) is 31.7 Å². The van der Waals surface area contributed by atoms with Crippen molar-refractivity contribution in [1.29, 1.82) is 0 Å². The van der Waals surface area contributed by atoms with Gasteiger partial charge in [-0.1, -0.05) is 42.5 Å². The monoisotopic (exact) mass is 405 g/mol. The summed E-state index contributed by atoms with van der Waals surface area (Å²) < 4.78 is 42.0. The average molecular weight is 406 g/mol. The first-order valence-corrected chi connectivity index (χ1v) is 11.4. The maximum absolute atomic E-state index is 11.0. The van der Waals surface area contributed by atoms with Gasteiger partial charge in [0.1, 0.15) is 10.5 Å². The van der Waals surface area contributed by atoms with E-state index < -0.39 is 10.1 Å². The fraction of sp³-hybridized carbons (Fsp3) is 0.350. The van der Waals surface area contributed by atoms with E-state index in [0.717, 1.165) is 38.2 Å². The van der Waals surface area contributed by atoms with Crippen LogP contribution in [0.3, 0.4) is 0 Å². The summed E-state index contributed by atoms with van der Waals surface area (Å²) in [5.74, 6) is 0.524. The Balaban J connectivity index is 2.15. The Morgan fingerprint density at radius 2 is 2.00 bits per heavy atom. The zero-order valence-corrected chi connectivity index (χ0v) is 17.1. The van der Waals surface area contributed by atoms with Gasteiger partial charge in [-0.3, -0.25) is 0 Å². The van der Waals surface area contributed by atoms with Gasteiger partial charge in [0, 0.05) is 18.6 Å². The first kappa shape index (κ1) is 19.8. The number of aromatic nitrogens is 1. The lowest BCUT2D eigenvalue weighted by Crippen LogP contribution is -2.36. The van der Waals surface area contributed by atoms with Crippen LogP contribution in [0.4, 0.5) is 0 Å². The van der Waals surface area contributed by atoms with Gasteiger partial charge >= 0.3 is 0 Å². The number of hydrogen-bond acceptors (Lipinski definition) is 5. The van der Waals surface area contributed by atoms with Crippen LogP contribution in [0.25, 0.3) is 27.1 Å². The lowest BCUT2D eigenvalue weighted by atomic mass is 10.1.